The van der Waals surface area contributed by atoms with Crippen LogP contribution in [0, 0.1) is 11.6 Å². The smallest absolute Gasteiger partial charge is 0.255 e. The Balaban J connectivity index is 1.63. The number of likely N-dealkylation sites (tertiary alicyclic amines) is 1. The molecule has 2 aromatic rings. The zero-order chi connectivity index (χ0) is 18.7. The molecule has 7 heteroatoms. The number of nitrogens with zero attached hydrogens (tertiary/aromatic N) is 1. The van der Waals surface area contributed by atoms with Gasteiger partial charge in [-0.2, -0.15) is 0 Å². The number of hydrogen-bond acceptors (Lipinski definition) is 2. The maximum absolute atomic E-state index is 13.7. The van der Waals surface area contributed by atoms with E-state index in [0.29, 0.717) is 28.7 Å². The van der Waals surface area contributed by atoms with E-state index in [9.17, 15) is 13.6 Å². The number of benzene rings is 2. The van der Waals surface area contributed by atoms with Gasteiger partial charge in [0.2, 0.25) is 0 Å². The quantitative estimate of drug-likeness (QED) is 0.716. The molecule has 0 N–H and O–H groups in total. The van der Waals surface area contributed by atoms with Gasteiger partial charge in [-0.3, -0.25) is 4.79 Å². The molecule has 0 saturated carbocycles. The van der Waals surface area contributed by atoms with Crippen molar-refractivity contribution in [2.45, 2.75) is 25.6 Å². The average Bonchev–Trinajstić information content (AvgIpc) is 2.63. The third-order valence-corrected chi connectivity index (χ3v) is 4.88. The molecule has 0 spiro atoms. The van der Waals surface area contributed by atoms with Crippen LogP contribution < -0.4 is 0 Å². The number of amides is 1. The largest absolute Gasteiger partial charge is 0.372 e. The van der Waals surface area contributed by atoms with Crippen molar-refractivity contribution in [3.05, 3.63) is 69.2 Å². The lowest BCUT2D eigenvalue weighted by atomic mass is 10.1. The Kier molecular flexibility index (Phi) is 6.12. The van der Waals surface area contributed by atoms with Crippen LogP contribution in [0.2, 0.25) is 10.0 Å². The van der Waals surface area contributed by atoms with Crippen molar-refractivity contribution in [1.29, 1.82) is 0 Å². The van der Waals surface area contributed by atoms with Crippen LogP contribution in [-0.4, -0.2) is 30.0 Å². The van der Waals surface area contributed by atoms with E-state index in [1.165, 1.54) is 18.2 Å². The number of piperidine rings is 1. The second kappa shape index (κ2) is 8.33. The van der Waals surface area contributed by atoms with Crippen molar-refractivity contribution in [2.24, 2.45) is 0 Å². The van der Waals surface area contributed by atoms with Gasteiger partial charge in [0.15, 0.2) is 11.6 Å². The molecule has 3 rings (SSSR count). The maximum Gasteiger partial charge on any atom is 0.255 e. The summed E-state index contributed by atoms with van der Waals surface area (Å²) >= 11 is 12.0. The molecule has 2 aromatic carbocycles. The first-order chi connectivity index (χ1) is 12.5. The van der Waals surface area contributed by atoms with Crippen LogP contribution in [0.1, 0.15) is 28.8 Å². The minimum Gasteiger partial charge on any atom is -0.372 e. The second-order valence-electron chi connectivity index (χ2n) is 6.16. The summed E-state index contributed by atoms with van der Waals surface area (Å²) in [4.78, 5) is 14.3. The summed E-state index contributed by atoms with van der Waals surface area (Å²) in [6.45, 7) is 0.915. The lowest BCUT2D eigenvalue weighted by Crippen LogP contribution is -2.43. The Morgan fingerprint density at radius 1 is 1.23 bits per heavy atom. The Morgan fingerprint density at radius 3 is 2.81 bits per heavy atom. The van der Waals surface area contributed by atoms with Gasteiger partial charge in [0.1, 0.15) is 0 Å². The molecule has 1 aliphatic rings. The Morgan fingerprint density at radius 2 is 2.04 bits per heavy atom. The highest BCUT2D eigenvalue weighted by Gasteiger charge is 2.26. The zero-order valence-electron chi connectivity index (χ0n) is 13.9. The molecule has 0 bridgehead atoms. The maximum atomic E-state index is 13.7. The Bertz CT molecular complexity index is 816. The number of rotatable bonds is 4. The molecular formula is C19H17Cl2F2NO2. The fourth-order valence-electron chi connectivity index (χ4n) is 2.96. The molecule has 1 saturated heterocycles. The van der Waals surface area contributed by atoms with Crippen molar-refractivity contribution >= 4 is 29.1 Å². The van der Waals surface area contributed by atoms with E-state index in [1.54, 1.807) is 17.0 Å². The molecule has 1 fully saturated rings. The molecule has 0 aromatic heterocycles. The van der Waals surface area contributed by atoms with Crippen molar-refractivity contribution in [3.63, 3.8) is 0 Å². The Labute approximate surface area is 160 Å². The summed E-state index contributed by atoms with van der Waals surface area (Å²) in [6, 6.07) is 8.73. The van der Waals surface area contributed by atoms with Gasteiger partial charge in [0.25, 0.3) is 5.91 Å². The lowest BCUT2D eigenvalue weighted by molar-refractivity contribution is -0.00776. The average molecular weight is 400 g/mol. The van der Waals surface area contributed by atoms with Crippen LogP contribution in [-0.2, 0) is 11.3 Å². The van der Waals surface area contributed by atoms with Gasteiger partial charge in [-0.25, -0.2) is 8.78 Å². The van der Waals surface area contributed by atoms with Gasteiger partial charge >= 0.3 is 0 Å². The van der Waals surface area contributed by atoms with Gasteiger partial charge < -0.3 is 9.64 Å². The first-order valence-electron chi connectivity index (χ1n) is 8.24. The van der Waals surface area contributed by atoms with E-state index in [0.717, 1.165) is 18.9 Å². The minimum atomic E-state index is -0.899. The van der Waals surface area contributed by atoms with Crippen LogP contribution in [0.25, 0.3) is 0 Å². The minimum absolute atomic E-state index is 0.0437. The van der Waals surface area contributed by atoms with Crippen LogP contribution in [0.15, 0.2) is 36.4 Å². The van der Waals surface area contributed by atoms with Gasteiger partial charge in [0, 0.05) is 23.7 Å². The van der Waals surface area contributed by atoms with Gasteiger partial charge in [-0.15, -0.1) is 0 Å². The highest BCUT2D eigenvalue weighted by Crippen LogP contribution is 2.24. The van der Waals surface area contributed by atoms with E-state index < -0.39 is 11.6 Å². The second-order valence-corrected chi connectivity index (χ2v) is 7.01. The van der Waals surface area contributed by atoms with E-state index in [4.69, 9.17) is 27.9 Å². The van der Waals surface area contributed by atoms with E-state index in [2.05, 4.69) is 0 Å². The number of hydrogen-bond donors (Lipinski definition) is 0. The van der Waals surface area contributed by atoms with Crippen molar-refractivity contribution in [3.8, 4) is 0 Å². The standard InChI is InChI=1S/C19H17Cl2F2NO2/c20-13-6-7-15(16(21)9-13)19(25)24-8-2-4-14(10-24)26-11-12-3-1-5-17(22)18(12)23/h1,3,5-7,9,14H,2,4,8,10-11H2/t14-/m0/s1. The fraction of sp³-hybridized carbons (Fsp3) is 0.316. The molecule has 26 heavy (non-hydrogen) atoms. The summed E-state index contributed by atoms with van der Waals surface area (Å²) in [5, 5.41) is 0.760. The lowest BCUT2D eigenvalue weighted by Gasteiger charge is -2.33. The van der Waals surface area contributed by atoms with Crippen molar-refractivity contribution in [1.82, 2.24) is 4.90 Å². The normalized spacial score (nSPS) is 17.4. The third-order valence-electron chi connectivity index (χ3n) is 4.33. The molecule has 0 radical (unpaired) electrons. The van der Waals surface area contributed by atoms with Crippen LogP contribution >= 0.6 is 23.2 Å². The van der Waals surface area contributed by atoms with Gasteiger partial charge in [0.05, 0.1) is 23.3 Å². The van der Waals surface area contributed by atoms with E-state index >= 15 is 0 Å². The summed E-state index contributed by atoms with van der Waals surface area (Å²) in [5.41, 5.74) is 0.544. The third kappa shape index (κ3) is 4.34. The molecule has 3 nitrogen and oxygen atoms in total. The summed E-state index contributed by atoms with van der Waals surface area (Å²) < 4.78 is 32.7. The van der Waals surface area contributed by atoms with Crippen LogP contribution in [0.4, 0.5) is 8.78 Å². The summed E-state index contributed by atoms with van der Waals surface area (Å²) in [6.07, 6.45) is 1.25. The van der Waals surface area contributed by atoms with Crippen molar-refractivity contribution in [2.75, 3.05) is 13.1 Å². The Hall–Kier alpha value is -1.69. The molecule has 138 valence electrons. The monoisotopic (exact) mass is 399 g/mol. The fourth-order valence-corrected chi connectivity index (χ4v) is 3.45. The molecular weight excluding hydrogens is 383 g/mol. The SMILES string of the molecule is O=C(c1ccc(Cl)cc1Cl)N1CCC[C@H](OCc2cccc(F)c2F)C1. The van der Waals surface area contributed by atoms with Gasteiger partial charge in [-0.1, -0.05) is 35.3 Å². The number of halogens is 4. The highest BCUT2D eigenvalue weighted by atomic mass is 35.5. The van der Waals surface area contributed by atoms with Gasteiger partial charge in [-0.05, 0) is 37.1 Å². The molecule has 1 amide bonds. The highest BCUT2D eigenvalue weighted by molar-refractivity contribution is 6.36. The molecule has 0 unspecified atom stereocenters. The number of ether oxygens (including phenoxy) is 1. The van der Waals surface area contributed by atoms with E-state index in [1.807, 2.05) is 0 Å². The molecule has 1 atom stereocenters. The van der Waals surface area contributed by atoms with Crippen LogP contribution in [0.5, 0.6) is 0 Å². The predicted molar refractivity (Wildman–Crippen MR) is 96.5 cm³/mol. The zero-order valence-corrected chi connectivity index (χ0v) is 15.4. The van der Waals surface area contributed by atoms with Crippen LogP contribution in [0.3, 0.4) is 0 Å². The first kappa shape index (κ1) is 19.1. The number of carbonyl (C=O) groups is 1. The first-order valence-corrected chi connectivity index (χ1v) is 9.00. The van der Waals surface area contributed by atoms with E-state index in [-0.39, 0.29) is 24.2 Å². The summed E-state index contributed by atoms with van der Waals surface area (Å²) in [7, 11) is 0. The molecule has 1 aliphatic heterocycles. The van der Waals surface area contributed by atoms with Crippen molar-refractivity contribution < 1.29 is 18.3 Å². The predicted octanol–water partition coefficient (Wildman–Crippen LogP) is 5.09. The summed E-state index contributed by atoms with van der Waals surface area (Å²) in [5.74, 6) is -2.00. The topological polar surface area (TPSA) is 29.5 Å². The molecule has 0 aliphatic carbocycles. The number of carbonyl (C=O) groups excluding carboxylic acids is 1. The molecule has 1 heterocycles.